The molecule has 1 aliphatic rings. The Balaban J connectivity index is 1.37. The Hall–Kier alpha value is -3.73. The van der Waals surface area contributed by atoms with Crippen molar-refractivity contribution in [3.63, 3.8) is 0 Å². The summed E-state index contributed by atoms with van der Waals surface area (Å²) in [7, 11) is 0. The van der Waals surface area contributed by atoms with Crippen molar-refractivity contribution in [1.82, 2.24) is 34.6 Å². The van der Waals surface area contributed by atoms with Gasteiger partial charge in [-0.05, 0) is 25.1 Å². The molecule has 3 N–H and O–H groups in total. The number of piperazine rings is 1. The number of halogens is 2. The number of anilines is 2. The molecular formula is C21H21ClFN9O. The molecule has 4 heterocycles. The number of fused-ring (bicyclic) bond motifs is 1. The molecule has 1 aliphatic heterocycles. The van der Waals surface area contributed by atoms with Gasteiger partial charge in [-0.15, -0.1) is 0 Å². The fraction of sp³-hybridized carbons (Fsp3) is 0.286. The first kappa shape index (κ1) is 21.1. The van der Waals surface area contributed by atoms with Gasteiger partial charge in [-0.2, -0.15) is 5.10 Å². The predicted molar refractivity (Wildman–Crippen MR) is 122 cm³/mol. The number of aromatic nitrogens is 6. The van der Waals surface area contributed by atoms with Crippen LogP contribution in [0.2, 0.25) is 5.02 Å². The standard InChI is InChI=1S/C21H21ClFN9O/c1-12-9-30(15-3-2-13(22)8-14(15)23)6-7-31(12)16(33)10-32-21-17(19(24)27-11-28-21)18(29-32)20-25-4-5-26-20/h2-5,8,11-12H,6-7,9-10H2,1H3,(H,25,26)(H2,24,27,28). The predicted octanol–water partition coefficient (Wildman–Crippen LogP) is 2.33. The van der Waals surface area contributed by atoms with E-state index < -0.39 is 0 Å². The quantitative estimate of drug-likeness (QED) is 0.470. The van der Waals surface area contributed by atoms with Crippen molar-refractivity contribution in [3.8, 4) is 11.5 Å². The van der Waals surface area contributed by atoms with Crippen LogP contribution in [0.1, 0.15) is 6.92 Å². The van der Waals surface area contributed by atoms with Gasteiger partial charge in [-0.1, -0.05) is 11.6 Å². The molecule has 1 saturated heterocycles. The Kier molecular flexibility index (Phi) is 5.33. The normalized spacial score (nSPS) is 16.5. The zero-order valence-corrected chi connectivity index (χ0v) is 18.5. The van der Waals surface area contributed by atoms with E-state index in [1.165, 1.54) is 17.1 Å². The fourth-order valence-corrected chi connectivity index (χ4v) is 4.36. The van der Waals surface area contributed by atoms with Crippen LogP contribution < -0.4 is 10.6 Å². The lowest BCUT2D eigenvalue weighted by molar-refractivity contribution is -0.134. The van der Waals surface area contributed by atoms with Gasteiger partial charge in [0.2, 0.25) is 5.91 Å². The number of nitrogens with one attached hydrogen (secondary N) is 1. The summed E-state index contributed by atoms with van der Waals surface area (Å²) < 4.78 is 15.9. The number of amides is 1. The van der Waals surface area contributed by atoms with Gasteiger partial charge in [0.05, 0.1) is 11.1 Å². The van der Waals surface area contributed by atoms with Crippen molar-refractivity contribution in [1.29, 1.82) is 0 Å². The molecule has 0 bridgehead atoms. The number of nitrogens with zero attached hydrogens (tertiary/aromatic N) is 7. The summed E-state index contributed by atoms with van der Waals surface area (Å²) in [6, 6.07) is 4.49. The van der Waals surface area contributed by atoms with E-state index in [1.54, 1.807) is 29.4 Å². The molecule has 1 fully saturated rings. The molecular weight excluding hydrogens is 449 g/mol. The van der Waals surface area contributed by atoms with E-state index in [0.717, 1.165) is 0 Å². The maximum absolute atomic E-state index is 14.4. The molecule has 12 heteroatoms. The van der Waals surface area contributed by atoms with Crippen LogP contribution in [0.5, 0.6) is 0 Å². The van der Waals surface area contributed by atoms with Gasteiger partial charge in [-0.25, -0.2) is 24.0 Å². The molecule has 0 spiro atoms. The van der Waals surface area contributed by atoms with Gasteiger partial charge >= 0.3 is 0 Å². The van der Waals surface area contributed by atoms with Crippen LogP contribution >= 0.6 is 11.6 Å². The monoisotopic (exact) mass is 469 g/mol. The van der Waals surface area contributed by atoms with E-state index in [4.69, 9.17) is 17.3 Å². The summed E-state index contributed by atoms with van der Waals surface area (Å²) in [4.78, 5) is 32.5. The van der Waals surface area contributed by atoms with E-state index in [0.29, 0.717) is 52.9 Å². The Bertz CT molecular complexity index is 1320. The average molecular weight is 470 g/mol. The molecule has 170 valence electrons. The SMILES string of the molecule is CC1CN(c2ccc(Cl)cc2F)CCN1C(=O)Cn1nc(-c2ncc[nH]2)c2c(N)ncnc21. The van der Waals surface area contributed by atoms with Crippen LogP contribution in [-0.4, -0.2) is 66.2 Å². The Morgan fingerprint density at radius 1 is 1.30 bits per heavy atom. The largest absolute Gasteiger partial charge is 0.383 e. The highest BCUT2D eigenvalue weighted by Gasteiger charge is 2.30. The number of imidazole rings is 1. The van der Waals surface area contributed by atoms with Crippen molar-refractivity contribution in [2.24, 2.45) is 0 Å². The van der Waals surface area contributed by atoms with E-state index in [1.807, 2.05) is 11.8 Å². The third-order valence-electron chi connectivity index (χ3n) is 5.76. The van der Waals surface area contributed by atoms with Gasteiger partial charge in [0.25, 0.3) is 0 Å². The van der Waals surface area contributed by atoms with E-state index in [2.05, 4.69) is 25.0 Å². The third kappa shape index (κ3) is 3.84. The van der Waals surface area contributed by atoms with Crippen LogP contribution in [0.4, 0.5) is 15.9 Å². The first-order valence-electron chi connectivity index (χ1n) is 10.4. The van der Waals surface area contributed by atoms with Crippen LogP contribution in [0.3, 0.4) is 0 Å². The van der Waals surface area contributed by atoms with Crippen molar-refractivity contribution in [2.75, 3.05) is 30.3 Å². The minimum absolute atomic E-state index is 0.0205. The molecule has 0 saturated carbocycles. The molecule has 3 aromatic heterocycles. The lowest BCUT2D eigenvalue weighted by Gasteiger charge is -2.41. The first-order valence-corrected chi connectivity index (χ1v) is 10.8. The van der Waals surface area contributed by atoms with Crippen molar-refractivity contribution in [3.05, 3.63) is 47.8 Å². The first-order chi connectivity index (χ1) is 15.9. The molecule has 33 heavy (non-hydrogen) atoms. The number of rotatable bonds is 4. The van der Waals surface area contributed by atoms with Gasteiger partial charge in [0.15, 0.2) is 11.5 Å². The second kappa shape index (κ2) is 8.32. The summed E-state index contributed by atoms with van der Waals surface area (Å²) in [5.74, 6) is 0.281. The van der Waals surface area contributed by atoms with Crippen LogP contribution in [-0.2, 0) is 11.3 Å². The summed E-state index contributed by atoms with van der Waals surface area (Å²) in [5, 5.41) is 5.44. The average Bonchev–Trinajstić information content (AvgIpc) is 3.43. The molecule has 0 radical (unpaired) electrons. The zero-order chi connectivity index (χ0) is 23.1. The van der Waals surface area contributed by atoms with Crippen molar-refractivity contribution >= 4 is 40.0 Å². The van der Waals surface area contributed by atoms with Crippen LogP contribution in [0, 0.1) is 5.82 Å². The molecule has 5 rings (SSSR count). The number of H-pyrrole nitrogens is 1. The van der Waals surface area contributed by atoms with Crippen molar-refractivity contribution < 1.29 is 9.18 Å². The maximum Gasteiger partial charge on any atom is 0.244 e. The molecule has 1 atom stereocenters. The highest BCUT2D eigenvalue weighted by atomic mass is 35.5. The topological polar surface area (TPSA) is 122 Å². The summed E-state index contributed by atoms with van der Waals surface area (Å²) in [6.07, 6.45) is 4.63. The Labute approximate surface area is 193 Å². The zero-order valence-electron chi connectivity index (χ0n) is 17.7. The lowest BCUT2D eigenvalue weighted by atomic mass is 10.1. The number of nitrogens with two attached hydrogens (primary N) is 1. The number of benzene rings is 1. The highest BCUT2D eigenvalue weighted by molar-refractivity contribution is 6.30. The molecule has 0 aliphatic carbocycles. The minimum atomic E-state index is -0.375. The second-order valence-corrected chi connectivity index (χ2v) is 8.32. The van der Waals surface area contributed by atoms with Crippen molar-refractivity contribution in [2.45, 2.75) is 19.5 Å². The molecule has 10 nitrogen and oxygen atoms in total. The van der Waals surface area contributed by atoms with Gasteiger partial charge in [0, 0.05) is 43.1 Å². The number of nitrogen functional groups attached to an aromatic ring is 1. The van der Waals surface area contributed by atoms with E-state index in [-0.39, 0.29) is 30.1 Å². The molecule has 1 unspecified atom stereocenters. The Morgan fingerprint density at radius 3 is 2.88 bits per heavy atom. The van der Waals surface area contributed by atoms with E-state index >= 15 is 0 Å². The summed E-state index contributed by atoms with van der Waals surface area (Å²) in [5.41, 5.74) is 7.50. The number of aromatic amines is 1. The molecule has 4 aromatic rings. The summed E-state index contributed by atoms with van der Waals surface area (Å²) >= 11 is 5.87. The number of carbonyl (C=O) groups is 1. The smallest absolute Gasteiger partial charge is 0.244 e. The van der Waals surface area contributed by atoms with Gasteiger partial charge in [-0.3, -0.25) is 4.79 Å². The van der Waals surface area contributed by atoms with E-state index in [9.17, 15) is 9.18 Å². The van der Waals surface area contributed by atoms with Crippen LogP contribution in [0.15, 0.2) is 36.9 Å². The fourth-order valence-electron chi connectivity index (χ4n) is 4.20. The summed E-state index contributed by atoms with van der Waals surface area (Å²) in [6.45, 7) is 3.36. The number of hydrogen-bond donors (Lipinski definition) is 2. The number of carbonyl (C=O) groups excluding carboxylic acids is 1. The minimum Gasteiger partial charge on any atom is -0.383 e. The van der Waals surface area contributed by atoms with Gasteiger partial charge < -0.3 is 20.5 Å². The van der Waals surface area contributed by atoms with Crippen LogP contribution in [0.25, 0.3) is 22.6 Å². The lowest BCUT2D eigenvalue weighted by Crippen LogP contribution is -2.55. The Morgan fingerprint density at radius 2 is 2.15 bits per heavy atom. The maximum atomic E-state index is 14.4. The third-order valence-corrected chi connectivity index (χ3v) is 6.00. The molecule has 1 aromatic carbocycles. The number of hydrogen-bond acceptors (Lipinski definition) is 7. The second-order valence-electron chi connectivity index (χ2n) is 7.88. The van der Waals surface area contributed by atoms with Gasteiger partial charge in [0.1, 0.15) is 30.2 Å². The molecule has 1 amide bonds. The highest BCUT2D eigenvalue weighted by Crippen LogP contribution is 2.29.